The van der Waals surface area contributed by atoms with Crippen molar-refractivity contribution in [1.82, 2.24) is 29.5 Å². The number of halogens is 1. The van der Waals surface area contributed by atoms with Crippen molar-refractivity contribution in [3.63, 3.8) is 0 Å². The molecule has 0 aliphatic carbocycles. The number of sulfone groups is 2. The average molecular weight is 918 g/mol. The van der Waals surface area contributed by atoms with Gasteiger partial charge in [-0.3, -0.25) is 9.59 Å². The number of primary amides is 2. The highest BCUT2D eigenvalue weighted by molar-refractivity contribution is 9.12. The summed E-state index contributed by atoms with van der Waals surface area (Å²) in [6.45, 7) is 8.05. The fourth-order valence-electron chi connectivity index (χ4n) is 5.51. The number of carbonyl (C=O) groups is 2. The molecule has 0 aliphatic heterocycles. The summed E-state index contributed by atoms with van der Waals surface area (Å²) in [6, 6.07) is 23.5. The topological polar surface area (TPSA) is 256 Å². The van der Waals surface area contributed by atoms with Crippen molar-refractivity contribution in [1.29, 1.82) is 0 Å². The average Bonchev–Trinajstić information content (AvgIpc) is 3.83. The van der Waals surface area contributed by atoms with Crippen LogP contribution in [0.1, 0.15) is 27.8 Å². The standard InChI is InChI=1S/C20H20N4O3S.C13H13BrN4O.C7H9BO4S/c1-13-8-14(2)10-16(9-13)20-22-12-24(23-20)11-18(19(21)25)15-4-6-17(7-5-15)28(3,26)27;1-8-3-9(2)5-10(4-8)13-16-7-18(17-13)6-11(14)12(15)19;1-13(11,12)7-4-2-6(3-5-7)8(9)10/h4-12H,1-3H3,(H2,21,25);3-7H,1-2H3,(H2,15,19);2-5,9-10H,1H3/b18-11+;11-6-;. The first-order valence-corrected chi connectivity index (χ1v) is 22.2. The van der Waals surface area contributed by atoms with E-state index in [-0.39, 0.29) is 25.3 Å². The Morgan fingerprint density at radius 3 is 1.37 bits per heavy atom. The second kappa shape index (κ2) is 19.8. The summed E-state index contributed by atoms with van der Waals surface area (Å²) in [5, 5.41) is 26.1. The van der Waals surface area contributed by atoms with E-state index in [0.29, 0.717) is 17.2 Å². The number of nitrogens with two attached hydrogens (primary N) is 2. The summed E-state index contributed by atoms with van der Waals surface area (Å²) in [5.74, 6) is -0.0777. The van der Waals surface area contributed by atoms with E-state index in [4.69, 9.17) is 21.5 Å². The molecule has 6 N–H and O–H groups in total. The van der Waals surface area contributed by atoms with Crippen LogP contribution in [0.4, 0.5) is 0 Å². The third-order valence-electron chi connectivity index (χ3n) is 8.18. The minimum Gasteiger partial charge on any atom is -0.423 e. The molecule has 6 aromatic rings. The molecule has 0 fully saturated rings. The van der Waals surface area contributed by atoms with Gasteiger partial charge < -0.3 is 21.5 Å². The lowest BCUT2D eigenvalue weighted by molar-refractivity contribution is -0.114. The number of amides is 2. The molecule has 2 aromatic heterocycles. The molecule has 0 aliphatic rings. The zero-order chi connectivity index (χ0) is 44.5. The molecule has 0 radical (unpaired) electrons. The van der Waals surface area contributed by atoms with E-state index in [2.05, 4.69) is 48.2 Å². The third kappa shape index (κ3) is 13.5. The smallest absolute Gasteiger partial charge is 0.423 e. The Balaban J connectivity index is 0.000000214. The summed E-state index contributed by atoms with van der Waals surface area (Å²) in [4.78, 5) is 31.7. The molecule has 6 rings (SSSR count). The van der Waals surface area contributed by atoms with Crippen LogP contribution < -0.4 is 16.9 Å². The van der Waals surface area contributed by atoms with Gasteiger partial charge in [0.1, 0.15) is 17.1 Å². The van der Waals surface area contributed by atoms with Gasteiger partial charge in [-0.15, -0.1) is 10.2 Å². The first-order chi connectivity index (χ1) is 28.0. The molecule has 60 heavy (non-hydrogen) atoms. The van der Waals surface area contributed by atoms with Gasteiger partial charge in [-0.05, 0) is 103 Å². The predicted molar refractivity (Wildman–Crippen MR) is 235 cm³/mol. The molecule has 0 unspecified atom stereocenters. The van der Waals surface area contributed by atoms with Crippen LogP contribution in [0.15, 0.2) is 112 Å². The first-order valence-electron chi connectivity index (χ1n) is 17.6. The Hall–Kier alpha value is -6.06. The zero-order valence-electron chi connectivity index (χ0n) is 33.3. The van der Waals surface area contributed by atoms with E-state index in [1.165, 1.54) is 82.9 Å². The Morgan fingerprint density at radius 2 is 1.02 bits per heavy atom. The van der Waals surface area contributed by atoms with Gasteiger partial charge in [0.2, 0.25) is 0 Å². The zero-order valence-corrected chi connectivity index (χ0v) is 36.6. The molecule has 0 spiro atoms. The van der Waals surface area contributed by atoms with E-state index < -0.39 is 38.6 Å². The molecule has 2 amide bonds. The minimum absolute atomic E-state index is 0.164. The van der Waals surface area contributed by atoms with E-state index in [0.717, 1.165) is 45.9 Å². The normalized spacial score (nSPS) is 11.8. The van der Waals surface area contributed by atoms with Crippen LogP contribution in [-0.4, -0.2) is 87.9 Å². The summed E-state index contributed by atoms with van der Waals surface area (Å²) < 4.78 is 48.3. The number of benzene rings is 4. The molecule has 4 aromatic carbocycles. The van der Waals surface area contributed by atoms with Gasteiger partial charge >= 0.3 is 7.12 Å². The lowest BCUT2D eigenvalue weighted by atomic mass is 9.81. The van der Waals surface area contributed by atoms with Crippen LogP contribution in [-0.2, 0) is 29.3 Å². The summed E-state index contributed by atoms with van der Waals surface area (Å²) in [6.07, 6.45) is 8.17. The maximum atomic E-state index is 11.9. The van der Waals surface area contributed by atoms with Gasteiger partial charge in [-0.1, -0.05) is 58.7 Å². The first kappa shape index (κ1) is 46.6. The van der Waals surface area contributed by atoms with Gasteiger partial charge in [-0.2, -0.15) is 0 Å². The van der Waals surface area contributed by atoms with Crippen molar-refractivity contribution in [3.8, 4) is 22.8 Å². The van der Waals surface area contributed by atoms with Crippen LogP contribution in [0.2, 0.25) is 0 Å². The number of carbonyl (C=O) groups excluding carboxylic acids is 2. The lowest BCUT2D eigenvalue weighted by Gasteiger charge is -2.05. The Morgan fingerprint density at radius 1 is 0.633 bits per heavy atom. The Bertz CT molecular complexity index is 2760. The molecular weight excluding hydrogens is 875 g/mol. The highest BCUT2D eigenvalue weighted by atomic mass is 79.9. The van der Waals surface area contributed by atoms with Crippen LogP contribution >= 0.6 is 15.9 Å². The predicted octanol–water partition coefficient (Wildman–Crippen LogP) is 3.46. The highest BCUT2D eigenvalue weighted by Crippen LogP contribution is 2.22. The summed E-state index contributed by atoms with van der Waals surface area (Å²) in [7, 11) is -8.09. The van der Waals surface area contributed by atoms with Crippen LogP contribution in [0.3, 0.4) is 0 Å². The maximum absolute atomic E-state index is 11.9. The Labute approximate surface area is 356 Å². The largest absolute Gasteiger partial charge is 0.488 e. The monoisotopic (exact) mass is 916 g/mol. The van der Waals surface area contributed by atoms with Crippen molar-refractivity contribution in [2.45, 2.75) is 37.5 Å². The van der Waals surface area contributed by atoms with Crippen molar-refractivity contribution in [3.05, 3.63) is 130 Å². The molecule has 0 atom stereocenters. The van der Waals surface area contributed by atoms with E-state index in [9.17, 15) is 26.4 Å². The summed E-state index contributed by atoms with van der Waals surface area (Å²) >= 11 is 3.07. The number of aromatic nitrogens is 6. The van der Waals surface area contributed by atoms with Gasteiger partial charge in [0.05, 0.1) is 21.6 Å². The molecule has 312 valence electrons. The quantitative estimate of drug-likeness (QED) is 0.114. The fourth-order valence-corrected chi connectivity index (χ4v) is 6.98. The van der Waals surface area contributed by atoms with Gasteiger partial charge in [0, 0.05) is 29.8 Å². The molecule has 0 saturated carbocycles. The molecule has 2 heterocycles. The second-order valence-electron chi connectivity index (χ2n) is 13.6. The van der Waals surface area contributed by atoms with Gasteiger partial charge in [-0.25, -0.2) is 36.2 Å². The Kier molecular flexibility index (Phi) is 15.4. The number of hydrogen-bond donors (Lipinski definition) is 4. The van der Waals surface area contributed by atoms with Gasteiger partial charge in [0.15, 0.2) is 31.3 Å². The van der Waals surface area contributed by atoms with E-state index >= 15 is 0 Å². The number of hydrogen-bond acceptors (Lipinski definition) is 12. The van der Waals surface area contributed by atoms with Crippen LogP contribution in [0, 0.1) is 27.7 Å². The van der Waals surface area contributed by atoms with E-state index in [1.807, 2.05) is 52.0 Å². The number of rotatable bonds is 10. The molecule has 0 saturated heterocycles. The second-order valence-corrected chi connectivity index (χ2v) is 18.5. The van der Waals surface area contributed by atoms with Crippen LogP contribution in [0.25, 0.3) is 40.7 Å². The van der Waals surface area contributed by atoms with Gasteiger partial charge in [0.25, 0.3) is 11.8 Å². The highest BCUT2D eigenvalue weighted by Gasteiger charge is 2.14. The van der Waals surface area contributed by atoms with Crippen molar-refractivity contribution >= 4 is 78.0 Å². The number of nitrogens with zero attached hydrogens (tertiary/aromatic N) is 6. The van der Waals surface area contributed by atoms with Crippen molar-refractivity contribution in [2.24, 2.45) is 11.5 Å². The fraction of sp³-hybridized carbons (Fsp3) is 0.150. The van der Waals surface area contributed by atoms with E-state index in [1.54, 1.807) is 0 Å². The summed E-state index contributed by atoms with van der Waals surface area (Å²) in [5.41, 5.74) is 17.9. The van der Waals surface area contributed by atoms with Crippen molar-refractivity contribution in [2.75, 3.05) is 12.5 Å². The minimum atomic E-state index is -3.32. The molecule has 20 heteroatoms. The molecule has 0 bridgehead atoms. The van der Waals surface area contributed by atoms with Crippen molar-refractivity contribution < 1.29 is 36.5 Å². The SMILES string of the molecule is CS(=O)(=O)c1ccc(B(O)O)cc1.Cc1cc(C)cc(-c2ncn(/C=C(/C(N)=O)c3ccc(S(C)(=O)=O)cc3)n2)c1.Cc1cc(C)cc(-c2ncn(/C=C(\Br)C(N)=O)n2)c1. The van der Waals surface area contributed by atoms with Crippen LogP contribution in [0.5, 0.6) is 0 Å². The number of aryl methyl sites for hydroxylation is 4. The third-order valence-corrected chi connectivity index (χ3v) is 11.0. The molecule has 16 nitrogen and oxygen atoms in total. The lowest BCUT2D eigenvalue weighted by Crippen LogP contribution is -2.29. The maximum Gasteiger partial charge on any atom is 0.488 e. The molecular formula is C40H42BBrN8O8S2.